The first kappa shape index (κ1) is 9.52. The second kappa shape index (κ2) is 6.66. The van der Waals surface area contributed by atoms with Crippen molar-refractivity contribution in [3.8, 4) is 0 Å². The molecule has 3 rings (SSSR count). The normalized spacial score (nSPS) is 21.2. The van der Waals surface area contributed by atoms with Gasteiger partial charge in [-0.05, 0) is 61.4 Å². The molecule has 0 radical (unpaired) electrons. The van der Waals surface area contributed by atoms with Gasteiger partial charge in [0.2, 0.25) is 0 Å². The van der Waals surface area contributed by atoms with Crippen LogP contribution in [-0.4, -0.2) is 25.4 Å². The summed E-state index contributed by atoms with van der Waals surface area (Å²) in [6, 6.07) is 16.8. The Morgan fingerprint density at radius 1 is 1.00 bits per heavy atom. The van der Waals surface area contributed by atoms with Gasteiger partial charge in [-0.15, -0.1) is 0 Å². The molecule has 1 heteroatoms. The molecule has 0 heterocycles. The number of fused-ring (bicyclic) bond motifs is 2. The average molecular weight is 299 g/mol. The van der Waals surface area contributed by atoms with Gasteiger partial charge < -0.3 is 4.90 Å². The lowest BCUT2D eigenvalue weighted by molar-refractivity contribution is 0.321. The van der Waals surface area contributed by atoms with Crippen LogP contribution in [0.2, 0.25) is 0 Å². The van der Waals surface area contributed by atoms with Gasteiger partial charge in [0.05, 0.1) is 0 Å². The van der Waals surface area contributed by atoms with Crippen LogP contribution in [0, 0.1) is 5.92 Å². The van der Waals surface area contributed by atoms with Crippen molar-refractivity contribution in [2.45, 2.75) is 32.1 Å². The number of rotatable bonds is 4. The van der Waals surface area contributed by atoms with E-state index in [0.29, 0.717) is 11.3 Å². The van der Waals surface area contributed by atoms with E-state index >= 15 is 0 Å². The molecule has 2 aromatic carbocycles. The van der Waals surface area contributed by atoms with Crippen LogP contribution in [-0.2, 0) is 12.8 Å². The molecule has 0 aromatic heterocycles. The number of nitrogens with zero attached hydrogens (tertiary/aromatic N) is 1. The molecule has 0 N–H and O–H groups in total. The second-order valence-corrected chi connectivity index (χ2v) is 6.40. The van der Waals surface area contributed by atoms with Crippen LogP contribution in [0.15, 0.2) is 48.5 Å². The molecule has 0 bridgehead atoms. The van der Waals surface area contributed by atoms with Crippen molar-refractivity contribution in [2.24, 2.45) is 5.92 Å². The van der Waals surface area contributed by atoms with Gasteiger partial charge >= 0.3 is 0 Å². The molecular weight excluding hydrogens is 266 g/mol. The van der Waals surface area contributed by atoms with Crippen molar-refractivity contribution in [1.29, 1.82) is 0 Å². The van der Waals surface area contributed by atoms with Gasteiger partial charge in [-0.2, -0.15) is 0 Å². The minimum Gasteiger partial charge on any atom is -0.309 e. The largest absolute Gasteiger partial charge is 0.309 e. The third-order valence-corrected chi connectivity index (χ3v) is 4.66. The van der Waals surface area contributed by atoms with Gasteiger partial charge in [0.1, 0.15) is 0 Å². The second-order valence-electron chi connectivity index (χ2n) is 6.40. The van der Waals surface area contributed by atoms with Crippen LogP contribution in [0.1, 0.15) is 49.7 Å². The van der Waals surface area contributed by atoms with E-state index < -0.39 is 14.0 Å². The molecule has 1 unspecified atom stereocenters. The smallest absolute Gasteiger partial charge is 0.0394 e. The molecule has 22 heavy (non-hydrogen) atoms. The van der Waals surface area contributed by atoms with Gasteiger partial charge in [-0.25, -0.2) is 0 Å². The van der Waals surface area contributed by atoms with Crippen LogP contribution in [0.3, 0.4) is 0 Å². The summed E-state index contributed by atoms with van der Waals surface area (Å²) in [6.07, 6.45) is 2.67. The summed E-state index contributed by atoms with van der Waals surface area (Å²) in [4.78, 5) is 0.680. The summed E-state index contributed by atoms with van der Waals surface area (Å²) in [5.74, 6) is 0.0463. The van der Waals surface area contributed by atoms with Crippen LogP contribution in [0.4, 0.5) is 0 Å². The van der Waals surface area contributed by atoms with Crippen molar-refractivity contribution in [1.82, 2.24) is 4.90 Å². The molecule has 1 aliphatic carbocycles. The molecule has 1 atom stereocenters. The molecule has 0 amide bonds. The zero-order valence-corrected chi connectivity index (χ0v) is 13.0. The Balaban J connectivity index is 1.91. The van der Waals surface area contributed by atoms with E-state index in [1.807, 2.05) is 19.1 Å². The molecule has 116 valence electrons. The van der Waals surface area contributed by atoms with Crippen LogP contribution < -0.4 is 0 Å². The average Bonchev–Trinajstić information content (AvgIpc) is 2.76. The summed E-state index contributed by atoms with van der Waals surface area (Å²) >= 11 is 0. The fourth-order valence-corrected chi connectivity index (χ4v) is 3.68. The number of benzene rings is 2. The number of hydrogen-bond donors (Lipinski definition) is 0. The maximum absolute atomic E-state index is 7.63. The highest BCUT2D eigenvalue weighted by Gasteiger charge is 2.24. The lowest BCUT2D eigenvalue weighted by Crippen LogP contribution is -2.21. The SMILES string of the molecule is [2H]C([2H])([2H])N(CC(C)CC1c2ccccc2CCc2ccccc21)C([2H])([2H])[2H]. The Labute approximate surface area is 143 Å². The first-order valence-corrected chi connectivity index (χ1v) is 8.00. The summed E-state index contributed by atoms with van der Waals surface area (Å²) in [7, 11) is 0. The third kappa shape index (κ3) is 3.25. The molecular formula is C21H27N. The zero-order valence-electron chi connectivity index (χ0n) is 19.0. The molecule has 0 spiro atoms. The fourth-order valence-electron chi connectivity index (χ4n) is 3.68. The Morgan fingerprint density at radius 2 is 1.55 bits per heavy atom. The van der Waals surface area contributed by atoms with Gasteiger partial charge in [0.15, 0.2) is 0 Å². The van der Waals surface area contributed by atoms with Crippen molar-refractivity contribution in [3.05, 3.63) is 70.8 Å². The Hall–Kier alpha value is -1.60. The Bertz CT molecular complexity index is 750. The van der Waals surface area contributed by atoms with Crippen LogP contribution in [0.25, 0.3) is 0 Å². The van der Waals surface area contributed by atoms with Gasteiger partial charge in [0, 0.05) is 20.7 Å². The van der Waals surface area contributed by atoms with Crippen molar-refractivity contribution in [3.63, 3.8) is 0 Å². The molecule has 1 aliphatic rings. The maximum atomic E-state index is 7.63. The topological polar surface area (TPSA) is 3.24 Å². The van der Waals surface area contributed by atoms with Gasteiger partial charge in [-0.1, -0.05) is 55.5 Å². The monoisotopic (exact) mass is 299 g/mol. The summed E-state index contributed by atoms with van der Waals surface area (Å²) < 4.78 is 45.8. The van der Waals surface area contributed by atoms with E-state index in [1.165, 1.54) is 22.3 Å². The fraction of sp³-hybridized carbons (Fsp3) is 0.429. The number of hydrogen-bond acceptors (Lipinski definition) is 1. The quantitative estimate of drug-likeness (QED) is 0.803. The van der Waals surface area contributed by atoms with Crippen LogP contribution in [0.5, 0.6) is 0 Å². The van der Waals surface area contributed by atoms with Crippen LogP contribution >= 0.6 is 0 Å². The Morgan fingerprint density at radius 3 is 2.09 bits per heavy atom. The first-order chi connectivity index (χ1) is 13.1. The highest BCUT2D eigenvalue weighted by atomic mass is 15.1. The highest BCUT2D eigenvalue weighted by Crippen LogP contribution is 2.38. The molecule has 2 aromatic rings. The molecule has 1 nitrogen and oxygen atoms in total. The standard InChI is InChI=1S/C21H27N/c1-16(15-22(2)3)14-21-19-10-6-4-8-17(19)12-13-18-9-5-7-11-20(18)21/h4-11,16,21H,12-15H2,1-3H3/i2D3,3D3. The van der Waals surface area contributed by atoms with Crippen molar-refractivity contribution in [2.75, 3.05) is 20.5 Å². The molecule has 0 saturated carbocycles. The maximum Gasteiger partial charge on any atom is 0.0394 e. The molecule has 0 saturated heterocycles. The van der Waals surface area contributed by atoms with E-state index in [4.69, 9.17) is 8.22 Å². The predicted octanol–water partition coefficient (Wildman–Crippen LogP) is 4.50. The van der Waals surface area contributed by atoms with E-state index in [0.717, 1.165) is 12.8 Å². The van der Waals surface area contributed by atoms with E-state index in [1.54, 1.807) is 0 Å². The third-order valence-electron chi connectivity index (χ3n) is 4.66. The number of aryl methyl sites for hydroxylation is 2. The lowest BCUT2D eigenvalue weighted by Gasteiger charge is -2.25. The molecule has 0 aliphatic heterocycles. The zero-order chi connectivity index (χ0) is 20.5. The van der Waals surface area contributed by atoms with E-state index in [2.05, 4.69) is 36.4 Å². The summed E-state index contributed by atoms with van der Waals surface area (Å²) in [5.41, 5.74) is 5.18. The minimum absolute atomic E-state index is 0.00777. The molecule has 0 fully saturated rings. The summed E-state index contributed by atoms with van der Waals surface area (Å²) in [5, 5.41) is 0. The van der Waals surface area contributed by atoms with E-state index in [9.17, 15) is 0 Å². The van der Waals surface area contributed by atoms with Crippen molar-refractivity contribution < 1.29 is 8.22 Å². The Kier molecular flexibility index (Phi) is 2.88. The lowest BCUT2D eigenvalue weighted by atomic mass is 9.82. The van der Waals surface area contributed by atoms with Gasteiger partial charge in [0.25, 0.3) is 0 Å². The summed E-state index contributed by atoms with van der Waals surface area (Å²) in [6.45, 7) is -3.33. The highest BCUT2D eigenvalue weighted by molar-refractivity contribution is 5.44. The van der Waals surface area contributed by atoms with E-state index in [-0.39, 0.29) is 18.4 Å². The predicted molar refractivity (Wildman–Crippen MR) is 94.5 cm³/mol. The first-order valence-electron chi connectivity index (χ1n) is 11.0. The minimum atomic E-state index is -2.64. The van der Waals surface area contributed by atoms with Crippen molar-refractivity contribution >= 4 is 0 Å². The van der Waals surface area contributed by atoms with Gasteiger partial charge in [-0.3, -0.25) is 0 Å².